The number of hydrogen-bond donors (Lipinski definition) is 2. The number of carbonyl (C=O) groups excluding carboxylic acids is 4. The third-order valence-electron chi connectivity index (χ3n) is 7.29. The summed E-state index contributed by atoms with van der Waals surface area (Å²) in [7, 11) is 2.97. The van der Waals surface area contributed by atoms with Gasteiger partial charge in [-0.2, -0.15) is 0 Å². The van der Waals surface area contributed by atoms with Crippen LogP contribution in [0.15, 0.2) is 96.3 Å². The van der Waals surface area contributed by atoms with Crippen molar-refractivity contribution in [1.82, 2.24) is 10.6 Å². The summed E-state index contributed by atoms with van der Waals surface area (Å²) >= 11 is 0. The van der Waals surface area contributed by atoms with Crippen molar-refractivity contribution in [3.8, 4) is 23.0 Å². The molecule has 11 heteroatoms. The molecule has 0 heterocycles. The number of amides is 2. The zero-order chi connectivity index (χ0) is 36.9. The van der Waals surface area contributed by atoms with Crippen LogP contribution in [-0.2, 0) is 37.1 Å². The summed E-state index contributed by atoms with van der Waals surface area (Å²) in [5.41, 5.74) is 3.59. The molecule has 0 spiro atoms. The van der Waals surface area contributed by atoms with E-state index in [0.717, 1.165) is 11.1 Å². The number of nitrogens with one attached hydrogen (secondary N) is 2. The van der Waals surface area contributed by atoms with Gasteiger partial charge in [-0.15, -0.1) is 0 Å². The van der Waals surface area contributed by atoms with Crippen molar-refractivity contribution in [2.45, 2.75) is 40.9 Å². The second-order valence-corrected chi connectivity index (χ2v) is 11.4. The van der Waals surface area contributed by atoms with Gasteiger partial charge in [0.1, 0.15) is 24.6 Å². The maximum absolute atomic E-state index is 13.3. The summed E-state index contributed by atoms with van der Waals surface area (Å²) < 4.78 is 28.3. The van der Waals surface area contributed by atoms with Gasteiger partial charge in [0.2, 0.25) is 11.8 Å². The van der Waals surface area contributed by atoms with Crippen molar-refractivity contribution >= 4 is 35.9 Å². The fourth-order valence-corrected chi connectivity index (χ4v) is 5.04. The first-order valence-electron chi connectivity index (χ1n) is 15.9. The quantitative estimate of drug-likeness (QED) is 0.0899. The van der Waals surface area contributed by atoms with Gasteiger partial charge in [0.15, 0.2) is 23.0 Å². The van der Waals surface area contributed by atoms with Crippen LogP contribution in [0.4, 0.5) is 0 Å². The van der Waals surface area contributed by atoms with E-state index in [0.29, 0.717) is 58.5 Å². The molecule has 0 atom stereocenters. The Hall–Kier alpha value is -6.36. The molecule has 2 amide bonds. The summed E-state index contributed by atoms with van der Waals surface area (Å²) in [5, 5.41) is 4.84. The lowest BCUT2D eigenvalue weighted by Crippen LogP contribution is -2.31. The van der Waals surface area contributed by atoms with Crippen LogP contribution < -0.4 is 29.6 Å². The zero-order valence-corrected chi connectivity index (χ0v) is 29.3. The fraction of sp³-hybridized carbons (Fsp3) is 0.200. The van der Waals surface area contributed by atoms with E-state index in [-0.39, 0.29) is 11.4 Å². The molecule has 0 fully saturated rings. The number of carbonyl (C=O) groups is 4. The predicted octanol–water partition coefficient (Wildman–Crippen LogP) is 6.20. The molecule has 0 saturated heterocycles. The Balaban J connectivity index is 1.58. The van der Waals surface area contributed by atoms with E-state index in [1.807, 2.05) is 74.5 Å². The highest BCUT2D eigenvalue weighted by molar-refractivity contribution is 6.07. The molecule has 0 bridgehead atoms. The van der Waals surface area contributed by atoms with Gasteiger partial charge in [-0.05, 0) is 83.6 Å². The largest absolute Gasteiger partial charge is 0.493 e. The molecule has 0 saturated carbocycles. The molecule has 0 aliphatic rings. The van der Waals surface area contributed by atoms with Gasteiger partial charge in [-0.3, -0.25) is 9.59 Å². The van der Waals surface area contributed by atoms with Gasteiger partial charge in [-0.1, -0.05) is 60.7 Å². The van der Waals surface area contributed by atoms with Crippen LogP contribution in [0.2, 0.25) is 0 Å². The minimum atomic E-state index is -1.16. The van der Waals surface area contributed by atoms with Crippen LogP contribution in [-0.4, -0.2) is 38.0 Å². The first kappa shape index (κ1) is 37.5. The fourth-order valence-electron chi connectivity index (χ4n) is 5.04. The van der Waals surface area contributed by atoms with Crippen LogP contribution in [0.25, 0.3) is 12.2 Å². The van der Waals surface area contributed by atoms with E-state index < -0.39 is 23.8 Å². The average molecular weight is 693 g/mol. The van der Waals surface area contributed by atoms with Gasteiger partial charge < -0.3 is 34.3 Å². The molecule has 0 aliphatic heterocycles. The van der Waals surface area contributed by atoms with Gasteiger partial charge in [0.05, 0.1) is 14.2 Å². The van der Waals surface area contributed by atoms with Gasteiger partial charge in [0, 0.05) is 13.8 Å². The van der Waals surface area contributed by atoms with Crippen LogP contribution in [0.5, 0.6) is 23.0 Å². The number of esters is 2. The molecule has 0 unspecified atom stereocenters. The third-order valence-corrected chi connectivity index (χ3v) is 7.29. The van der Waals surface area contributed by atoms with E-state index in [1.165, 1.54) is 40.2 Å². The van der Waals surface area contributed by atoms with E-state index in [2.05, 4.69) is 10.6 Å². The van der Waals surface area contributed by atoms with E-state index in [1.54, 1.807) is 24.3 Å². The first-order chi connectivity index (χ1) is 24.5. The van der Waals surface area contributed by atoms with Crippen molar-refractivity contribution in [3.05, 3.63) is 130 Å². The molecule has 0 aliphatic carbocycles. The van der Waals surface area contributed by atoms with Crippen molar-refractivity contribution in [2.75, 3.05) is 14.2 Å². The average Bonchev–Trinajstić information content (AvgIpc) is 3.10. The highest BCUT2D eigenvalue weighted by Gasteiger charge is 2.22. The smallest absolute Gasteiger partial charge is 0.362 e. The van der Waals surface area contributed by atoms with Crippen molar-refractivity contribution < 1.29 is 42.9 Å². The topological polar surface area (TPSA) is 138 Å². The number of benzene rings is 4. The number of hydrogen-bond acceptors (Lipinski definition) is 9. The SMILES string of the molecule is COc1cc(C=C(NC(C)=O)C(=O)OC(=O)C(=Cc2cc(C)c(OCc3ccccc3)c(OC)c2)NC(C)=O)cc(C)c1OCc1ccccc1. The highest BCUT2D eigenvalue weighted by atomic mass is 16.6. The summed E-state index contributed by atoms with van der Waals surface area (Å²) in [5.74, 6) is -1.69. The van der Waals surface area contributed by atoms with E-state index >= 15 is 0 Å². The molecule has 264 valence electrons. The van der Waals surface area contributed by atoms with Gasteiger partial charge >= 0.3 is 11.9 Å². The molecule has 4 rings (SSSR count). The van der Waals surface area contributed by atoms with Crippen molar-refractivity contribution in [2.24, 2.45) is 0 Å². The third kappa shape index (κ3) is 10.8. The molecular weight excluding hydrogens is 652 g/mol. The maximum atomic E-state index is 13.3. The second kappa shape index (κ2) is 17.9. The maximum Gasteiger partial charge on any atom is 0.362 e. The number of ether oxygens (including phenoxy) is 5. The van der Waals surface area contributed by atoms with Gasteiger partial charge in [0.25, 0.3) is 0 Å². The molecule has 4 aromatic carbocycles. The first-order valence-corrected chi connectivity index (χ1v) is 15.9. The second-order valence-electron chi connectivity index (χ2n) is 11.4. The minimum Gasteiger partial charge on any atom is -0.493 e. The van der Waals surface area contributed by atoms with Crippen LogP contribution in [0, 0.1) is 13.8 Å². The van der Waals surface area contributed by atoms with Crippen molar-refractivity contribution in [3.63, 3.8) is 0 Å². The Bertz CT molecular complexity index is 1810. The molecule has 0 aromatic heterocycles. The number of methoxy groups -OCH3 is 2. The summed E-state index contributed by atoms with van der Waals surface area (Å²) in [6, 6.07) is 25.9. The number of rotatable bonds is 14. The molecule has 51 heavy (non-hydrogen) atoms. The minimum absolute atomic E-state index is 0.307. The normalized spacial score (nSPS) is 11.3. The van der Waals surface area contributed by atoms with Crippen molar-refractivity contribution in [1.29, 1.82) is 0 Å². The van der Waals surface area contributed by atoms with Crippen LogP contribution in [0.1, 0.15) is 47.2 Å². The summed E-state index contributed by atoms with van der Waals surface area (Å²) in [4.78, 5) is 50.8. The lowest BCUT2D eigenvalue weighted by molar-refractivity contribution is -0.155. The Morgan fingerprint density at radius 1 is 0.588 bits per heavy atom. The standard InChI is InChI=1S/C40H40N2O9/c1-25-17-31(21-35(47-5)37(25)49-23-29-13-9-7-10-14-29)19-33(41-27(3)43)39(45)51-40(46)34(42-28(4)44)20-32-18-26(2)38(36(22-32)48-6)50-24-30-15-11-8-12-16-30/h7-22H,23-24H2,1-6H3,(H,41,43)(H,42,44). The Morgan fingerprint density at radius 3 is 1.29 bits per heavy atom. The summed E-state index contributed by atoms with van der Waals surface area (Å²) in [6.07, 6.45) is 2.69. The molecular formula is C40H40N2O9. The molecule has 2 N–H and O–H groups in total. The Kier molecular flexibility index (Phi) is 13.1. The molecule has 11 nitrogen and oxygen atoms in total. The Morgan fingerprint density at radius 2 is 0.961 bits per heavy atom. The number of aryl methyl sites for hydroxylation is 2. The molecule has 0 radical (unpaired) electrons. The van der Waals surface area contributed by atoms with Crippen LogP contribution >= 0.6 is 0 Å². The lowest BCUT2D eigenvalue weighted by atomic mass is 10.1. The van der Waals surface area contributed by atoms with E-state index in [4.69, 9.17) is 23.7 Å². The molecule has 4 aromatic rings. The van der Waals surface area contributed by atoms with Crippen LogP contribution in [0.3, 0.4) is 0 Å². The lowest BCUT2D eigenvalue weighted by Gasteiger charge is -2.16. The predicted molar refractivity (Wildman–Crippen MR) is 192 cm³/mol. The Labute approximate surface area is 296 Å². The zero-order valence-electron chi connectivity index (χ0n) is 29.3. The summed E-state index contributed by atoms with van der Waals surface area (Å²) in [6.45, 7) is 6.65. The monoisotopic (exact) mass is 692 g/mol. The van der Waals surface area contributed by atoms with E-state index in [9.17, 15) is 19.2 Å². The highest BCUT2D eigenvalue weighted by Crippen LogP contribution is 2.35. The van der Waals surface area contributed by atoms with Gasteiger partial charge in [-0.25, -0.2) is 9.59 Å².